The molecule has 0 radical (unpaired) electrons. The number of nitrogens with zero attached hydrogens (tertiary/aromatic N) is 3. The van der Waals surface area contributed by atoms with Gasteiger partial charge in [0.2, 0.25) is 0 Å². The summed E-state index contributed by atoms with van der Waals surface area (Å²) < 4.78 is 0. The second-order valence-corrected chi connectivity index (χ2v) is 8.56. The molecule has 1 saturated heterocycles. The summed E-state index contributed by atoms with van der Waals surface area (Å²) in [5, 5.41) is 7.15. The van der Waals surface area contributed by atoms with Gasteiger partial charge in [-0.2, -0.15) is 0 Å². The molecule has 2 N–H and O–H groups in total. The minimum Gasteiger partial charge on any atom is -0.356 e. The monoisotopic (exact) mass is 513 g/mol. The van der Waals surface area contributed by atoms with E-state index in [2.05, 4.69) is 62.8 Å². The van der Waals surface area contributed by atoms with E-state index in [1.54, 1.807) is 0 Å². The highest BCUT2D eigenvalue weighted by atomic mass is 127. The van der Waals surface area contributed by atoms with Gasteiger partial charge in [-0.25, -0.2) is 0 Å². The molecular weight excluding hydrogens is 473 g/mol. The lowest BCUT2D eigenvalue weighted by Gasteiger charge is -2.31. The van der Waals surface area contributed by atoms with Crippen LogP contribution in [0, 0.1) is 0 Å². The summed E-state index contributed by atoms with van der Waals surface area (Å²) in [5.74, 6) is 0.942. The molecule has 164 valence electrons. The van der Waals surface area contributed by atoms with Crippen molar-refractivity contribution in [3.05, 3.63) is 35.9 Å². The van der Waals surface area contributed by atoms with Crippen LogP contribution in [-0.4, -0.2) is 75.7 Å². The Morgan fingerprint density at radius 1 is 1.00 bits per heavy atom. The molecule has 0 spiro atoms. The molecule has 1 aromatic rings. The zero-order valence-corrected chi connectivity index (χ0v) is 20.7. The molecule has 2 fully saturated rings. The molecule has 1 aliphatic heterocycles. The quantitative estimate of drug-likeness (QED) is 0.254. The van der Waals surface area contributed by atoms with E-state index in [4.69, 9.17) is 0 Å². The van der Waals surface area contributed by atoms with Crippen LogP contribution in [0.2, 0.25) is 0 Å². The van der Waals surface area contributed by atoms with Crippen molar-refractivity contribution in [3.63, 3.8) is 0 Å². The smallest absolute Gasteiger partial charge is 0.191 e. The number of likely N-dealkylation sites (N-methyl/N-ethyl adjacent to an activating group) is 1. The fourth-order valence-corrected chi connectivity index (χ4v) is 4.72. The number of hydrogen-bond donors (Lipinski definition) is 2. The third kappa shape index (κ3) is 7.40. The Morgan fingerprint density at radius 2 is 1.76 bits per heavy atom. The van der Waals surface area contributed by atoms with Gasteiger partial charge in [0.05, 0.1) is 0 Å². The van der Waals surface area contributed by atoms with Gasteiger partial charge in [0.1, 0.15) is 0 Å². The maximum absolute atomic E-state index is 4.46. The summed E-state index contributed by atoms with van der Waals surface area (Å²) in [6.07, 6.45) is 7.64. The molecule has 6 heteroatoms. The summed E-state index contributed by atoms with van der Waals surface area (Å²) in [6, 6.07) is 11.0. The molecule has 29 heavy (non-hydrogen) atoms. The summed E-state index contributed by atoms with van der Waals surface area (Å²) in [5.41, 5.74) is 1.73. The van der Waals surface area contributed by atoms with Crippen LogP contribution in [0.5, 0.6) is 0 Å². The van der Waals surface area contributed by atoms with Crippen molar-refractivity contribution in [2.24, 2.45) is 4.99 Å². The molecule has 2 aliphatic rings. The second kappa shape index (κ2) is 12.7. The van der Waals surface area contributed by atoms with E-state index >= 15 is 0 Å². The Bertz CT molecular complexity index is 601. The van der Waals surface area contributed by atoms with Crippen molar-refractivity contribution in [3.8, 4) is 0 Å². The molecule has 1 aliphatic carbocycles. The molecule has 1 aromatic carbocycles. The fourth-order valence-electron chi connectivity index (χ4n) is 4.72. The van der Waals surface area contributed by atoms with Crippen LogP contribution >= 0.6 is 24.0 Å². The third-order valence-electron chi connectivity index (χ3n) is 6.52. The van der Waals surface area contributed by atoms with E-state index in [-0.39, 0.29) is 29.4 Å². The van der Waals surface area contributed by atoms with Crippen LogP contribution in [0.15, 0.2) is 35.3 Å². The van der Waals surface area contributed by atoms with Crippen LogP contribution in [0.1, 0.15) is 44.1 Å². The Kier molecular flexibility index (Phi) is 10.7. The van der Waals surface area contributed by atoms with Crippen LogP contribution in [0.3, 0.4) is 0 Å². The lowest BCUT2D eigenvalue weighted by atomic mass is 9.79. The number of hydrogen-bond acceptors (Lipinski definition) is 3. The average molecular weight is 514 g/mol. The van der Waals surface area contributed by atoms with Crippen molar-refractivity contribution in [1.29, 1.82) is 0 Å². The molecule has 0 amide bonds. The Labute approximate surface area is 194 Å². The normalized spacial score (nSPS) is 20.7. The lowest BCUT2D eigenvalue weighted by Crippen LogP contribution is -2.45. The fraction of sp³-hybridized carbons (Fsp3) is 0.696. The number of guanidine groups is 1. The summed E-state index contributed by atoms with van der Waals surface area (Å²) >= 11 is 0. The number of rotatable bonds is 7. The first kappa shape index (κ1) is 24.4. The molecule has 1 heterocycles. The SMILES string of the molecule is CN=C(NCCCN1CCCN(C)CC1)NCC1(c2ccccc2)CCCC1.I. The van der Waals surface area contributed by atoms with Crippen LogP contribution in [0.4, 0.5) is 0 Å². The predicted octanol–water partition coefficient (Wildman–Crippen LogP) is 3.31. The first-order valence-electron chi connectivity index (χ1n) is 11.1. The second-order valence-electron chi connectivity index (χ2n) is 8.56. The molecule has 3 rings (SSSR count). The number of halogens is 1. The number of aliphatic imine (C=N–C) groups is 1. The van der Waals surface area contributed by atoms with Gasteiger partial charge in [0.15, 0.2) is 5.96 Å². The van der Waals surface area contributed by atoms with E-state index in [0.29, 0.717) is 0 Å². The van der Waals surface area contributed by atoms with Crippen molar-refractivity contribution in [2.45, 2.75) is 43.9 Å². The first-order valence-corrected chi connectivity index (χ1v) is 11.1. The molecule has 1 saturated carbocycles. The zero-order chi connectivity index (χ0) is 19.7. The molecule has 0 bridgehead atoms. The topological polar surface area (TPSA) is 42.9 Å². The van der Waals surface area contributed by atoms with Crippen LogP contribution < -0.4 is 10.6 Å². The lowest BCUT2D eigenvalue weighted by molar-refractivity contribution is 0.274. The van der Waals surface area contributed by atoms with Crippen molar-refractivity contribution < 1.29 is 0 Å². The van der Waals surface area contributed by atoms with Gasteiger partial charge < -0.3 is 20.4 Å². The number of benzene rings is 1. The van der Waals surface area contributed by atoms with Crippen molar-refractivity contribution in [1.82, 2.24) is 20.4 Å². The molecule has 0 unspecified atom stereocenters. The summed E-state index contributed by atoms with van der Waals surface area (Å²) in [4.78, 5) is 9.50. The van der Waals surface area contributed by atoms with E-state index in [1.807, 2.05) is 7.05 Å². The predicted molar refractivity (Wildman–Crippen MR) is 135 cm³/mol. The zero-order valence-electron chi connectivity index (χ0n) is 18.3. The number of nitrogens with one attached hydrogen (secondary N) is 2. The Morgan fingerprint density at radius 3 is 2.48 bits per heavy atom. The Hall–Kier alpha value is -0.860. The minimum absolute atomic E-state index is 0. The molecular formula is C23H40IN5. The van der Waals surface area contributed by atoms with Gasteiger partial charge in [-0.15, -0.1) is 24.0 Å². The standard InChI is InChI=1S/C23H39N5.HI/c1-24-22(25-14-8-16-28-17-9-15-27(2)18-19-28)26-20-23(12-6-7-13-23)21-10-4-3-5-11-21;/h3-5,10-11H,6-9,12-20H2,1-2H3,(H2,24,25,26);1H. The molecule has 5 nitrogen and oxygen atoms in total. The summed E-state index contributed by atoms with van der Waals surface area (Å²) in [7, 11) is 4.11. The average Bonchev–Trinajstić information content (AvgIpc) is 3.12. The maximum Gasteiger partial charge on any atom is 0.191 e. The minimum atomic E-state index is 0. The van der Waals surface area contributed by atoms with Crippen molar-refractivity contribution in [2.75, 3.05) is 59.9 Å². The van der Waals surface area contributed by atoms with Gasteiger partial charge in [0, 0.05) is 38.6 Å². The third-order valence-corrected chi connectivity index (χ3v) is 6.52. The molecule has 0 aromatic heterocycles. The van der Waals surface area contributed by atoms with Gasteiger partial charge in [-0.05, 0) is 57.9 Å². The first-order chi connectivity index (χ1) is 13.7. The maximum atomic E-state index is 4.46. The Balaban J connectivity index is 0.00000300. The van der Waals surface area contributed by atoms with E-state index in [0.717, 1.165) is 25.5 Å². The highest BCUT2D eigenvalue weighted by Gasteiger charge is 2.35. The van der Waals surface area contributed by atoms with Crippen molar-refractivity contribution >= 4 is 29.9 Å². The highest BCUT2D eigenvalue weighted by Crippen LogP contribution is 2.40. The summed E-state index contributed by atoms with van der Waals surface area (Å²) in [6.45, 7) is 7.97. The van der Waals surface area contributed by atoms with Crippen LogP contribution in [0.25, 0.3) is 0 Å². The highest BCUT2D eigenvalue weighted by molar-refractivity contribution is 14.0. The van der Waals surface area contributed by atoms with Gasteiger partial charge in [0.25, 0.3) is 0 Å². The van der Waals surface area contributed by atoms with Gasteiger partial charge in [-0.1, -0.05) is 43.2 Å². The van der Waals surface area contributed by atoms with E-state index in [1.165, 1.54) is 70.4 Å². The van der Waals surface area contributed by atoms with Crippen LogP contribution in [-0.2, 0) is 5.41 Å². The van der Waals surface area contributed by atoms with Gasteiger partial charge >= 0.3 is 0 Å². The molecule has 0 atom stereocenters. The largest absolute Gasteiger partial charge is 0.356 e. The van der Waals surface area contributed by atoms with E-state index in [9.17, 15) is 0 Å². The van der Waals surface area contributed by atoms with E-state index < -0.39 is 0 Å². The van der Waals surface area contributed by atoms with Gasteiger partial charge in [-0.3, -0.25) is 4.99 Å².